The zero-order valence-corrected chi connectivity index (χ0v) is 15.6. The fraction of sp³-hybridized carbons (Fsp3) is 0.316. The standard InChI is InChI=1S/C19H21N3O4S/c23-19(20-8-13-27-16-4-2-1-3-5-16)17-14-15(22(24)25)6-7-18(17)21-9-11-26-12-10-21/h1-7,14H,8-13H2,(H,20,23). The SMILES string of the molecule is O=C(NCCSc1ccccc1)c1cc([N+](=O)[O-])ccc1N1CCOCC1. The number of hydrogen-bond donors (Lipinski definition) is 1. The number of nitrogens with one attached hydrogen (secondary N) is 1. The van der Waals surface area contributed by atoms with Crippen molar-refractivity contribution in [3.8, 4) is 0 Å². The van der Waals surface area contributed by atoms with Crippen molar-refractivity contribution < 1.29 is 14.5 Å². The van der Waals surface area contributed by atoms with Crippen molar-refractivity contribution in [3.63, 3.8) is 0 Å². The lowest BCUT2D eigenvalue weighted by molar-refractivity contribution is -0.384. The van der Waals surface area contributed by atoms with Crippen molar-refractivity contribution in [1.82, 2.24) is 5.32 Å². The second kappa shape index (κ2) is 9.38. The fourth-order valence-corrected chi connectivity index (χ4v) is 3.63. The number of carbonyl (C=O) groups is 1. The largest absolute Gasteiger partial charge is 0.378 e. The first-order valence-electron chi connectivity index (χ1n) is 8.72. The molecule has 0 unspecified atom stereocenters. The van der Waals surface area contributed by atoms with Crippen LogP contribution in [0.4, 0.5) is 11.4 Å². The molecule has 0 aliphatic carbocycles. The first-order chi connectivity index (χ1) is 13.1. The maximum Gasteiger partial charge on any atom is 0.270 e. The fourth-order valence-electron chi connectivity index (χ4n) is 2.84. The van der Waals surface area contributed by atoms with Gasteiger partial charge in [-0.15, -0.1) is 11.8 Å². The van der Waals surface area contributed by atoms with Gasteiger partial charge in [0.2, 0.25) is 0 Å². The summed E-state index contributed by atoms with van der Waals surface area (Å²) in [6.07, 6.45) is 0. The molecule has 1 aliphatic heterocycles. The summed E-state index contributed by atoms with van der Waals surface area (Å²) in [5, 5.41) is 14.0. The highest BCUT2D eigenvalue weighted by atomic mass is 32.2. The van der Waals surface area contributed by atoms with Crippen LogP contribution in [0.5, 0.6) is 0 Å². The Morgan fingerprint density at radius 1 is 1.19 bits per heavy atom. The lowest BCUT2D eigenvalue weighted by Crippen LogP contribution is -2.38. The number of hydrogen-bond acceptors (Lipinski definition) is 6. The van der Waals surface area contributed by atoms with E-state index < -0.39 is 4.92 Å². The molecule has 1 amide bonds. The van der Waals surface area contributed by atoms with E-state index in [-0.39, 0.29) is 11.6 Å². The minimum Gasteiger partial charge on any atom is -0.378 e. The van der Waals surface area contributed by atoms with Crippen LogP contribution >= 0.6 is 11.8 Å². The normalized spacial score (nSPS) is 14.0. The van der Waals surface area contributed by atoms with Gasteiger partial charge < -0.3 is 15.0 Å². The molecule has 1 heterocycles. The van der Waals surface area contributed by atoms with Crippen molar-refractivity contribution in [2.45, 2.75) is 4.90 Å². The van der Waals surface area contributed by atoms with Crippen LogP contribution in [-0.4, -0.2) is 49.4 Å². The minimum atomic E-state index is -0.481. The second-order valence-electron chi connectivity index (χ2n) is 5.98. The molecule has 1 aliphatic rings. The molecule has 0 radical (unpaired) electrons. The summed E-state index contributed by atoms with van der Waals surface area (Å²) in [6, 6.07) is 14.4. The smallest absolute Gasteiger partial charge is 0.270 e. The molecular weight excluding hydrogens is 366 g/mol. The van der Waals surface area contributed by atoms with E-state index in [4.69, 9.17) is 4.74 Å². The highest BCUT2D eigenvalue weighted by Gasteiger charge is 2.21. The van der Waals surface area contributed by atoms with Gasteiger partial charge in [0, 0.05) is 42.4 Å². The Morgan fingerprint density at radius 3 is 2.63 bits per heavy atom. The zero-order chi connectivity index (χ0) is 19.1. The topological polar surface area (TPSA) is 84.7 Å². The van der Waals surface area contributed by atoms with Crippen molar-refractivity contribution in [1.29, 1.82) is 0 Å². The number of non-ortho nitro benzene ring substituents is 1. The lowest BCUT2D eigenvalue weighted by Gasteiger charge is -2.30. The number of nitro groups is 1. The summed E-state index contributed by atoms with van der Waals surface area (Å²) in [6.45, 7) is 2.94. The van der Waals surface area contributed by atoms with Gasteiger partial charge in [-0.1, -0.05) is 18.2 Å². The molecule has 3 rings (SSSR count). The monoisotopic (exact) mass is 387 g/mol. The summed E-state index contributed by atoms with van der Waals surface area (Å²) in [5.74, 6) is 0.422. The third-order valence-electron chi connectivity index (χ3n) is 4.19. The van der Waals surface area contributed by atoms with E-state index in [2.05, 4.69) is 5.32 Å². The molecule has 1 N–H and O–H groups in total. The van der Waals surface area contributed by atoms with Gasteiger partial charge >= 0.3 is 0 Å². The van der Waals surface area contributed by atoms with Crippen LogP contribution in [0, 0.1) is 10.1 Å². The number of amides is 1. The molecule has 0 aromatic heterocycles. The van der Waals surface area contributed by atoms with Gasteiger partial charge in [-0.05, 0) is 18.2 Å². The van der Waals surface area contributed by atoms with Crippen LogP contribution in [0.15, 0.2) is 53.4 Å². The van der Waals surface area contributed by atoms with Crippen molar-refractivity contribution in [2.75, 3.05) is 43.5 Å². The number of benzene rings is 2. The van der Waals surface area contributed by atoms with E-state index in [1.54, 1.807) is 17.8 Å². The summed E-state index contributed by atoms with van der Waals surface area (Å²) >= 11 is 1.65. The van der Waals surface area contributed by atoms with Crippen LogP contribution in [0.25, 0.3) is 0 Å². The molecule has 27 heavy (non-hydrogen) atoms. The maximum atomic E-state index is 12.7. The second-order valence-corrected chi connectivity index (χ2v) is 7.14. The Labute approximate surface area is 161 Å². The molecular formula is C19H21N3O4S. The van der Waals surface area contributed by atoms with Crippen LogP contribution in [0.3, 0.4) is 0 Å². The Hall–Kier alpha value is -2.58. The molecule has 0 bridgehead atoms. The van der Waals surface area contributed by atoms with E-state index >= 15 is 0 Å². The van der Waals surface area contributed by atoms with Crippen molar-refractivity contribution >= 4 is 29.0 Å². The molecule has 1 saturated heterocycles. The Bertz CT molecular complexity index is 795. The van der Waals surface area contributed by atoms with E-state index in [1.807, 2.05) is 35.2 Å². The predicted octanol–water partition coefficient (Wildman–Crippen LogP) is 2.95. The first-order valence-corrected chi connectivity index (χ1v) is 9.71. The third-order valence-corrected chi connectivity index (χ3v) is 5.20. The summed E-state index contributed by atoms with van der Waals surface area (Å²) in [5.41, 5.74) is 0.948. The van der Waals surface area contributed by atoms with Gasteiger partial charge in [0.25, 0.3) is 11.6 Å². The molecule has 7 nitrogen and oxygen atoms in total. The van der Waals surface area contributed by atoms with E-state index in [0.717, 1.165) is 10.6 Å². The average Bonchev–Trinajstić information content (AvgIpc) is 2.72. The quantitative estimate of drug-likeness (QED) is 0.340. The number of thioether (sulfide) groups is 1. The van der Waals surface area contributed by atoms with Gasteiger partial charge in [-0.2, -0.15) is 0 Å². The molecule has 0 spiro atoms. The number of carbonyl (C=O) groups excluding carboxylic acids is 1. The third kappa shape index (κ3) is 5.21. The predicted molar refractivity (Wildman–Crippen MR) is 106 cm³/mol. The van der Waals surface area contributed by atoms with Crippen LogP contribution in [0.2, 0.25) is 0 Å². The number of nitro benzene ring substituents is 1. The molecule has 8 heteroatoms. The van der Waals surface area contributed by atoms with Crippen LogP contribution < -0.4 is 10.2 Å². The molecule has 0 saturated carbocycles. The number of anilines is 1. The molecule has 2 aromatic rings. The highest BCUT2D eigenvalue weighted by molar-refractivity contribution is 7.99. The minimum absolute atomic E-state index is 0.0872. The lowest BCUT2D eigenvalue weighted by atomic mass is 10.1. The summed E-state index contributed by atoms with van der Waals surface area (Å²) in [4.78, 5) is 26.5. The Balaban J connectivity index is 1.67. The highest BCUT2D eigenvalue weighted by Crippen LogP contribution is 2.26. The van der Waals surface area contributed by atoms with Gasteiger partial charge in [-0.25, -0.2) is 0 Å². The average molecular weight is 387 g/mol. The van der Waals surface area contributed by atoms with Crippen LogP contribution in [-0.2, 0) is 4.74 Å². The van der Waals surface area contributed by atoms with Gasteiger partial charge in [0.15, 0.2) is 0 Å². The number of ether oxygens (including phenoxy) is 1. The van der Waals surface area contributed by atoms with Crippen molar-refractivity contribution in [2.24, 2.45) is 0 Å². The van der Waals surface area contributed by atoms with Gasteiger partial charge in [0.1, 0.15) is 0 Å². The van der Waals surface area contributed by atoms with E-state index in [1.165, 1.54) is 12.1 Å². The maximum absolute atomic E-state index is 12.7. The van der Waals surface area contributed by atoms with Crippen LogP contribution in [0.1, 0.15) is 10.4 Å². The molecule has 2 aromatic carbocycles. The number of rotatable bonds is 7. The van der Waals surface area contributed by atoms with E-state index in [9.17, 15) is 14.9 Å². The van der Waals surface area contributed by atoms with Gasteiger partial charge in [-0.3, -0.25) is 14.9 Å². The molecule has 142 valence electrons. The van der Waals surface area contributed by atoms with E-state index in [0.29, 0.717) is 44.1 Å². The summed E-state index contributed by atoms with van der Waals surface area (Å²) in [7, 11) is 0. The number of nitrogens with zero attached hydrogens (tertiary/aromatic N) is 2. The Morgan fingerprint density at radius 2 is 1.93 bits per heavy atom. The summed E-state index contributed by atoms with van der Waals surface area (Å²) < 4.78 is 5.35. The molecule has 1 fully saturated rings. The first kappa shape index (κ1) is 19.2. The van der Waals surface area contributed by atoms with Gasteiger partial charge in [0.05, 0.1) is 29.4 Å². The Kier molecular flexibility index (Phi) is 6.67. The number of morpholine rings is 1. The van der Waals surface area contributed by atoms with Crippen molar-refractivity contribution in [3.05, 3.63) is 64.2 Å². The zero-order valence-electron chi connectivity index (χ0n) is 14.8. The molecule has 0 atom stereocenters.